The monoisotopic (exact) mass is 223 g/mol. The van der Waals surface area contributed by atoms with Crippen LogP contribution in [0.1, 0.15) is 34.8 Å². The number of fused-ring (bicyclic) bond motifs is 3. The smallest absolute Gasteiger partial charge is 0.167 e. The third-order valence-electron chi connectivity index (χ3n) is 3.27. The summed E-state index contributed by atoms with van der Waals surface area (Å²) in [6.45, 7) is 2.11. The first kappa shape index (κ1) is 10.2. The number of benzene rings is 1. The van der Waals surface area contributed by atoms with Crippen molar-refractivity contribution < 1.29 is 4.79 Å². The van der Waals surface area contributed by atoms with Crippen molar-refractivity contribution in [2.75, 3.05) is 0 Å². The molecule has 0 saturated carbocycles. The summed E-state index contributed by atoms with van der Waals surface area (Å²) >= 11 is 0. The highest BCUT2D eigenvalue weighted by molar-refractivity contribution is 6.13. The van der Waals surface area contributed by atoms with Gasteiger partial charge in [-0.1, -0.05) is 31.2 Å². The summed E-state index contributed by atoms with van der Waals surface area (Å²) in [7, 11) is 0. The van der Waals surface area contributed by atoms with Gasteiger partial charge >= 0.3 is 0 Å². The van der Waals surface area contributed by atoms with Gasteiger partial charge in [-0.2, -0.15) is 0 Å². The zero-order valence-electron chi connectivity index (χ0n) is 9.73. The first-order chi connectivity index (χ1) is 8.31. The Labute approximate surface area is 100.0 Å². The van der Waals surface area contributed by atoms with E-state index >= 15 is 0 Å². The molecule has 0 amide bonds. The van der Waals surface area contributed by atoms with Crippen molar-refractivity contribution in [3.63, 3.8) is 0 Å². The molecule has 0 saturated heterocycles. The molecule has 2 heteroatoms. The van der Waals surface area contributed by atoms with Crippen LogP contribution in [0.4, 0.5) is 0 Å². The van der Waals surface area contributed by atoms with Crippen LogP contribution in [0.2, 0.25) is 0 Å². The maximum absolute atomic E-state index is 12.1. The Balaban J connectivity index is 2.47. The minimum Gasteiger partial charge on any atom is -0.294 e. The Morgan fingerprint density at radius 3 is 3.06 bits per heavy atom. The van der Waals surface area contributed by atoms with Crippen molar-refractivity contribution in [3.8, 4) is 0 Å². The Morgan fingerprint density at radius 2 is 2.24 bits per heavy atom. The second-order valence-electron chi connectivity index (χ2n) is 4.28. The van der Waals surface area contributed by atoms with Crippen molar-refractivity contribution in [1.82, 2.24) is 4.98 Å². The van der Waals surface area contributed by atoms with Gasteiger partial charge in [0.25, 0.3) is 0 Å². The molecule has 0 radical (unpaired) electrons. The van der Waals surface area contributed by atoms with Gasteiger partial charge in [-0.05, 0) is 18.1 Å². The van der Waals surface area contributed by atoms with Crippen LogP contribution in [0.3, 0.4) is 0 Å². The van der Waals surface area contributed by atoms with E-state index in [2.05, 4.69) is 18.0 Å². The zero-order chi connectivity index (χ0) is 11.8. The van der Waals surface area contributed by atoms with Gasteiger partial charge in [0.1, 0.15) is 0 Å². The van der Waals surface area contributed by atoms with E-state index in [0.717, 1.165) is 28.5 Å². The molecule has 0 bridgehead atoms. The highest BCUT2D eigenvalue weighted by atomic mass is 16.1. The maximum atomic E-state index is 12.1. The molecule has 0 fully saturated rings. The topological polar surface area (TPSA) is 30.0 Å². The van der Waals surface area contributed by atoms with Gasteiger partial charge in [0.05, 0.1) is 5.52 Å². The van der Waals surface area contributed by atoms with Crippen molar-refractivity contribution in [1.29, 1.82) is 0 Å². The molecule has 1 aliphatic carbocycles. The second-order valence-corrected chi connectivity index (χ2v) is 4.28. The van der Waals surface area contributed by atoms with Crippen molar-refractivity contribution in [2.45, 2.75) is 19.8 Å². The molecular weight excluding hydrogens is 210 g/mol. The number of allylic oxidation sites excluding steroid dienone is 1. The zero-order valence-corrected chi connectivity index (χ0v) is 9.73. The van der Waals surface area contributed by atoms with E-state index in [-0.39, 0.29) is 5.78 Å². The Hall–Kier alpha value is -1.96. The molecule has 1 heterocycles. The van der Waals surface area contributed by atoms with E-state index in [9.17, 15) is 4.79 Å². The van der Waals surface area contributed by atoms with Crippen LogP contribution in [-0.2, 0) is 6.42 Å². The van der Waals surface area contributed by atoms with Crippen LogP contribution >= 0.6 is 0 Å². The van der Waals surface area contributed by atoms with Crippen molar-refractivity contribution in [2.24, 2.45) is 0 Å². The molecule has 3 rings (SSSR count). The van der Waals surface area contributed by atoms with E-state index < -0.39 is 0 Å². The van der Waals surface area contributed by atoms with Gasteiger partial charge in [0, 0.05) is 29.1 Å². The Bertz CT molecular complexity index is 641. The third kappa shape index (κ3) is 1.48. The average Bonchev–Trinajstić information content (AvgIpc) is 2.38. The van der Waals surface area contributed by atoms with Crippen LogP contribution in [0, 0.1) is 0 Å². The van der Waals surface area contributed by atoms with Gasteiger partial charge < -0.3 is 0 Å². The number of carbonyl (C=O) groups is 1. The molecule has 1 aliphatic rings. The summed E-state index contributed by atoms with van der Waals surface area (Å²) in [5.41, 5.74) is 3.94. The number of carbonyl (C=O) groups excluding carboxylic acids is 1. The van der Waals surface area contributed by atoms with Crippen LogP contribution in [0.25, 0.3) is 17.0 Å². The summed E-state index contributed by atoms with van der Waals surface area (Å²) in [5, 5.41) is 1.04. The van der Waals surface area contributed by atoms with Crippen molar-refractivity contribution in [3.05, 3.63) is 47.2 Å². The Kier molecular flexibility index (Phi) is 2.29. The summed E-state index contributed by atoms with van der Waals surface area (Å²) < 4.78 is 0. The second kappa shape index (κ2) is 3.81. The molecule has 84 valence electrons. The predicted octanol–water partition coefficient (Wildman–Crippen LogP) is 3.40. The standard InChI is InChI=1S/C15H13NO/c1-2-10-5-3-7-12-14(10)15-11(9-16-12)6-4-8-13(15)17/h3-7,9H,2,8H2,1H3. The van der Waals surface area contributed by atoms with Crippen LogP contribution in [0.5, 0.6) is 0 Å². The lowest BCUT2D eigenvalue weighted by Gasteiger charge is -2.14. The minimum absolute atomic E-state index is 0.204. The van der Waals surface area contributed by atoms with Crippen LogP contribution in [0.15, 0.2) is 30.5 Å². The van der Waals surface area contributed by atoms with E-state index in [4.69, 9.17) is 0 Å². The average molecular weight is 223 g/mol. The van der Waals surface area contributed by atoms with E-state index in [1.807, 2.05) is 24.3 Å². The van der Waals surface area contributed by atoms with E-state index in [1.54, 1.807) is 6.20 Å². The number of Topliss-reactive ketones (excluding diaryl/α,β-unsaturated/α-hetero) is 1. The first-order valence-corrected chi connectivity index (χ1v) is 5.91. The maximum Gasteiger partial charge on any atom is 0.167 e. The molecule has 2 aromatic rings. The number of hydrogen-bond acceptors (Lipinski definition) is 2. The van der Waals surface area contributed by atoms with Gasteiger partial charge in [-0.15, -0.1) is 0 Å². The number of pyridine rings is 1. The molecule has 1 aromatic carbocycles. The predicted molar refractivity (Wildman–Crippen MR) is 69.1 cm³/mol. The summed E-state index contributed by atoms with van der Waals surface area (Å²) in [4.78, 5) is 16.5. The number of aryl methyl sites for hydroxylation is 1. The fourth-order valence-corrected chi connectivity index (χ4v) is 2.45. The fourth-order valence-electron chi connectivity index (χ4n) is 2.45. The highest BCUT2D eigenvalue weighted by Crippen LogP contribution is 2.29. The largest absolute Gasteiger partial charge is 0.294 e. The summed E-state index contributed by atoms with van der Waals surface area (Å²) in [5.74, 6) is 0.204. The van der Waals surface area contributed by atoms with Gasteiger partial charge in [-0.25, -0.2) is 0 Å². The lowest BCUT2D eigenvalue weighted by Crippen LogP contribution is -2.07. The lowest BCUT2D eigenvalue weighted by atomic mass is 9.91. The molecule has 0 aliphatic heterocycles. The number of rotatable bonds is 1. The number of hydrogen-bond donors (Lipinski definition) is 0. The Morgan fingerprint density at radius 1 is 1.35 bits per heavy atom. The quantitative estimate of drug-likeness (QED) is 0.741. The highest BCUT2D eigenvalue weighted by Gasteiger charge is 2.18. The first-order valence-electron chi connectivity index (χ1n) is 5.91. The molecule has 1 aromatic heterocycles. The number of ketones is 1. The normalized spacial score (nSPS) is 14.1. The third-order valence-corrected chi connectivity index (χ3v) is 3.27. The lowest BCUT2D eigenvalue weighted by molar-refractivity contribution is 0.0996. The molecule has 17 heavy (non-hydrogen) atoms. The van der Waals surface area contributed by atoms with Crippen LogP contribution in [-0.4, -0.2) is 10.8 Å². The summed E-state index contributed by atoms with van der Waals surface area (Å²) in [6.07, 6.45) is 7.13. The summed E-state index contributed by atoms with van der Waals surface area (Å²) in [6, 6.07) is 6.06. The molecular formula is C15H13NO. The minimum atomic E-state index is 0.204. The van der Waals surface area contributed by atoms with Gasteiger partial charge in [0.15, 0.2) is 5.78 Å². The van der Waals surface area contributed by atoms with Gasteiger partial charge in [0.2, 0.25) is 0 Å². The molecule has 0 N–H and O–H groups in total. The van der Waals surface area contributed by atoms with E-state index in [1.165, 1.54) is 5.56 Å². The van der Waals surface area contributed by atoms with Crippen LogP contribution < -0.4 is 0 Å². The van der Waals surface area contributed by atoms with Crippen molar-refractivity contribution >= 4 is 22.8 Å². The van der Waals surface area contributed by atoms with E-state index in [0.29, 0.717) is 6.42 Å². The van der Waals surface area contributed by atoms with Gasteiger partial charge in [-0.3, -0.25) is 9.78 Å². The fraction of sp³-hybridized carbons (Fsp3) is 0.200. The molecule has 0 spiro atoms. The SMILES string of the molecule is CCc1cccc2ncc3c(c12)C(=O)CC=C3. The molecule has 2 nitrogen and oxygen atoms in total. The number of aromatic nitrogens is 1. The molecule has 0 atom stereocenters. The number of nitrogens with zero attached hydrogens (tertiary/aromatic N) is 1. The molecule has 0 unspecified atom stereocenters.